The Morgan fingerprint density at radius 3 is 2.58 bits per heavy atom. The molecule has 1 aliphatic heterocycles. The van der Waals surface area contributed by atoms with Crippen LogP contribution >= 0.6 is 0 Å². The van der Waals surface area contributed by atoms with Gasteiger partial charge in [0.15, 0.2) is 0 Å². The first-order chi connectivity index (χ1) is 9.07. The van der Waals surface area contributed by atoms with E-state index < -0.39 is 22.0 Å². The lowest BCUT2D eigenvalue weighted by Crippen LogP contribution is -2.51. The van der Waals surface area contributed by atoms with E-state index >= 15 is 0 Å². The van der Waals surface area contributed by atoms with Gasteiger partial charge in [-0.25, -0.2) is 13.9 Å². The van der Waals surface area contributed by atoms with Gasteiger partial charge in [0.05, 0.1) is 4.90 Å². The van der Waals surface area contributed by atoms with Gasteiger partial charge in [-0.1, -0.05) is 24.6 Å². The molecule has 0 saturated carbocycles. The molecule has 0 aromatic heterocycles. The van der Waals surface area contributed by atoms with E-state index in [1.165, 1.54) is 12.1 Å². The maximum atomic E-state index is 12.5. The van der Waals surface area contributed by atoms with Crippen LogP contribution in [0.5, 0.6) is 0 Å². The zero-order valence-electron chi connectivity index (χ0n) is 10.3. The Morgan fingerprint density at radius 1 is 1.26 bits per heavy atom. The summed E-state index contributed by atoms with van der Waals surface area (Å²) in [4.78, 5) is 11.7. The lowest BCUT2D eigenvalue weighted by molar-refractivity contribution is -0.134. The van der Waals surface area contributed by atoms with E-state index in [2.05, 4.69) is 0 Å². The number of hydrogen-bond acceptors (Lipinski definition) is 4. The molecule has 1 fully saturated rings. The summed E-state index contributed by atoms with van der Waals surface area (Å²) < 4.78 is 26.1. The number of nitrogens with one attached hydrogen (secondary N) is 1. The predicted molar refractivity (Wildman–Crippen MR) is 67.9 cm³/mol. The molecule has 104 valence electrons. The SMILES string of the molecule is O=C(NO)C1CCCCN1S(=O)(=O)c1ccccc1. The van der Waals surface area contributed by atoms with Crippen molar-refractivity contribution in [2.45, 2.75) is 30.2 Å². The molecule has 19 heavy (non-hydrogen) atoms. The van der Waals surface area contributed by atoms with E-state index in [1.807, 2.05) is 0 Å². The van der Waals surface area contributed by atoms with Crippen molar-refractivity contribution >= 4 is 15.9 Å². The molecule has 1 aliphatic rings. The number of hydroxylamine groups is 1. The molecule has 1 heterocycles. The van der Waals surface area contributed by atoms with Gasteiger partial charge in [0.2, 0.25) is 10.0 Å². The Labute approximate surface area is 112 Å². The number of amides is 1. The predicted octanol–water partition coefficient (Wildman–Crippen LogP) is 0.735. The van der Waals surface area contributed by atoms with E-state index in [4.69, 9.17) is 5.21 Å². The molecule has 1 aromatic carbocycles. The highest BCUT2D eigenvalue weighted by molar-refractivity contribution is 7.89. The molecular weight excluding hydrogens is 268 g/mol. The number of nitrogens with zero attached hydrogens (tertiary/aromatic N) is 1. The quantitative estimate of drug-likeness (QED) is 0.633. The van der Waals surface area contributed by atoms with Crippen molar-refractivity contribution in [1.29, 1.82) is 0 Å². The minimum absolute atomic E-state index is 0.160. The third-order valence-electron chi connectivity index (χ3n) is 3.22. The van der Waals surface area contributed by atoms with E-state index in [0.29, 0.717) is 12.8 Å². The van der Waals surface area contributed by atoms with Crippen LogP contribution in [0.1, 0.15) is 19.3 Å². The number of benzene rings is 1. The van der Waals surface area contributed by atoms with E-state index in [-0.39, 0.29) is 11.4 Å². The molecule has 0 spiro atoms. The second kappa shape index (κ2) is 5.68. The summed E-state index contributed by atoms with van der Waals surface area (Å²) in [6, 6.07) is 7.16. The molecule has 1 saturated heterocycles. The molecule has 1 aromatic rings. The number of hydrogen-bond donors (Lipinski definition) is 2. The number of carbonyl (C=O) groups is 1. The minimum atomic E-state index is -3.70. The summed E-state index contributed by atoms with van der Waals surface area (Å²) in [5.41, 5.74) is 1.54. The van der Waals surface area contributed by atoms with E-state index in [0.717, 1.165) is 10.7 Å². The van der Waals surface area contributed by atoms with Gasteiger partial charge >= 0.3 is 0 Å². The normalized spacial score (nSPS) is 21.0. The Kier molecular flexibility index (Phi) is 4.18. The summed E-state index contributed by atoms with van der Waals surface area (Å²) in [5, 5.41) is 8.72. The van der Waals surface area contributed by atoms with Crippen LogP contribution < -0.4 is 5.48 Å². The first-order valence-corrected chi connectivity index (χ1v) is 7.52. The number of sulfonamides is 1. The van der Waals surface area contributed by atoms with Crippen molar-refractivity contribution in [1.82, 2.24) is 9.79 Å². The zero-order chi connectivity index (χ0) is 13.9. The Balaban J connectivity index is 2.35. The van der Waals surface area contributed by atoms with Crippen LogP contribution in [0.15, 0.2) is 35.2 Å². The second-order valence-corrected chi connectivity index (χ2v) is 6.31. The molecule has 0 radical (unpaired) electrons. The summed E-state index contributed by atoms with van der Waals surface area (Å²) >= 11 is 0. The van der Waals surface area contributed by atoms with Gasteiger partial charge in [-0.15, -0.1) is 0 Å². The highest BCUT2D eigenvalue weighted by Gasteiger charge is 2.37. The van der Waals surface area contributed by atoms with Crippen molar-refractivity contribution in [3.63, 3.8) is 0 Å². The van der Waals surface area contributed by atoms with Crippen molar-refractivity contribution in [3.05, 3.63) is 30.3 Å². The van der Waals surface area contributed by atoms with Gasteiger partial charge in [-0.3, -0.25) is 10.0 Å². The first-order valence-electron chi connectivity index (χ1n) is 6.08. The molecule has 6 nitrogen and oxygen atoms in total. The standard InChI is InChI=1S/C12H16N2O4S/c15-12(13-16)11-8-4-5-9-14(11)19(17,18)10-6-2-1-3-7-10/h1-3,6-7,11,16H,4-5,8-9H2,(H,13,15). The first kappa shape index (κ1) is 14.0. The van der Waals surface area contributed by atoms with Crippen LogP contribution in [0, 0.1) is 0 Å². The van der Waals surface area contributed by atoms with Gasteiger partial charge < -0.3 is 0 Å². The topological polar surface area (TPSA) is 86.7 Å². The smallest absolute Gasteiger partial charge is 0.261 e. The summed E-state index contributed by atoms with van der Waals surface area (Å²) in [6.07, 6.45) is 1.89. The average molecular weight is 284 g/mol. The van der Waals surface area contributed by atoms with Gasteiger partial charge in [-0.05, 0) is 25.0 Å². The Bertz CT molecular complexity index is 544. The van der Waals surface area contributed by atoms with Crippen molar-refractivity contribution < 1.29 is 18.4 Å². The van der Waals surface area contributed by atoms with Crippen LogP contribution in [0.25, 0.3) is 0 Å². The van der Waals surface area contributed by atoms with Gasteiger partial charge in [0.1, 0.15) is 6.04 Å². The largest absolute Gasteiger partial charge is 0.289 e. The highest BCUT2D eigenvalue weighted by atomic mass is 32.2. The van der Waals surface area contributed by atoms with Crippen molar-refractivity contribution in [2.75, 3.05) is 6.54 Å². The number of carbonyl (C=O) groups excluding carboxylic acids is 1. The molecule has 0 bridgehead atoms. The van der Waals surface area contributed by atoms with Crippen LogP contribution in [-0.4, -0.2) is 36.4 Å². The Morgan fingerprint density at radius 2 is 1.95 bits per heavy atom. The van der Waals surface area contributed by atoms with Crippen LogP contribution in [0.4, 0.5) is 0 Å². The van der Waals surface area contributed by atoms with Crippen LogP contribution in [-0.2, 0) is 14.8 Å². The molecule has 7 heteroatoms. The summed E-state index contributed by atoms with van der Waals surface area (Å²) in [5.74, 6) is -0.681. The molecule has 0 aliphatic carbocycles. The number of rotatable bonds is 3. The molecule has 1 unspecified atom stereocenters. The monoisotopic (exact) mass is 284 g/mol. The van der Waals surface area contributed by atoms with Crippen molar-refractivity contribution in [3.8, 4) is 0 Å². The molecule has 2 N–H and O–H groups in total. The van der Waals surface area contributed by atoms with Crippen LogP contribution in [0.3, 0.4) is 0 Å². The summed E-state index contributed by atoms with van der Waals surface area (Å²) in [6.45, 7) is 0.287. The number of piperidine rings is 1. The summed E-state index contributed by atoms with van der Waals surface area (Å²) in [7, 11) is -3.70. The molecule has 1 amide bonds. The molecular formula is C12H16N2O4S. The maximum Gasteiger partial charge on any atom is 0.261 e. The fourth-order valence-electron chi connectivity index (χ4n) is 2.26. The van der Waals surface area contributed by atoms with Crippen molar-refractivity contribution in [2.24, 2.45) is 0 Å². The zero-order valence-corrected chi connectivity index (χ0v) is 11.1. The van der Waals surface area contributed by atoms with E-state index in [1.54, 1.807) is 23.7 Å². The van der Waals surface area contributed by atoms with Gasteiger partial charge in [0.25, 0.3) is 5.91 Å². The fourth-order valence-corrected chi connectivity index (χ4v) is 3.93. The average Bonchev–Trinajstić information content (AvgIpc) is 2.47. The lowest BCUT2D eigenvalue weighted by Gasteiger charge is -2.32. The maximum absolute atomic E-state index is 12.5. The van der Waals surface area contributed by atoms with E-state index in [9.17, 15) is 13.2 Å². The van der Waals surface area contributed by atoms with Crippen LogP contribution in [0.2, 0.25) is 0 Å². The third kappa shape index (κ3) is 2.78. The highest BCUT2D eigenvalue weighted by Crippen LogP contribution is 2.25. The lowest BCUT2D eigenvalue weighted by atomic mass is 10.0. The fraction of sp³-hybridized carbons (Fsp3) is 0.417. The van der Waals surface area contributed by atoms with Gasteiger partial charge in [0, 0.05) is 6.54 Å². The molecule has 1 atom stereocenters. The second-order valence-electron chi connectivity index (χ2n) is 4.42. The minimum Gasteiger partial charge on any atom is -0.289 e. The molecule has 2 rings (SSSR count). The Hall–Kier alpha value is -1.44. The van der Waals surface area contributed by atoms with Gasteiger partial charge in [-0.2, -0.15) is 4.31 Å². The third-order valence-corrected chi connectivity index (χ3v) is 5.14.